The topological polar surface area (TPSA) is 136 Å². The normalized spacial score (nSPS) is 10.0. The number of pyridine rings is 1. The Hall–Kier alpha value is -4.47. The fourth-order valence-electron chi connectivity index (χ4n) is 2.30. The molecule has 0 radical (unpaired) electrons. The number of anilines is 3. The maximum Gasteiger partial charge on any atom is 0.342 e. The molecule has 0 atom stereocenters. The van der Waals surface area contributed by atoms with E-state index in [9.17, 15) is 14.7 Å². The number of carboxylic acid groups (broad SMARTS) is 1. The molecule has 0 saturated carbocycles. The average Bonchev–Trinajstić information content (AvgIpc) is 2.74. The van der Waals surface area contributed by atoms with E-state index in [1.54, 1.807) is 30.3 Å². The van der Waals surface area contributed by atoms with Crippen molar-refractivity contribution in [3.63, 3.8) is 0 Å². The molecule has 0 fully saturated rings. The van der Waals surface area contributed by atoms with Crippen molar-refractivity contribution in [1.82, 2.24) is 15.0 Å². The minimum atomic E-state index is -1.25. The lowest BCUT2D eigenvalue weighted by atomic mass is 10.3. The van der Waals surface area contributed by atoms with Gasteiger partial charge in [0.2, 0.25) is 23.6 Å². The van der Waals surface area contributed by atoms with Gasteiger partial charge in [-0.3, -0.25) is 4.79 Å². The molecule has 0 aliphatic rings. The number of methoxy groups -OCH3 is 1. The first-order valence-corrected chi connectivity index (χ1v) is 8.57. The molecule has 0 unspecified atom stereocenters. The number of nitrogens with zero attached hydrogens (tertiary/aromatic N) is 3. The Morgan fingerprint density at radius 1 is 1.13 bits per heavy atom. The van der Waals surface area contributed by atoms with Crippen LogP contribution < -0.4 is 20.1 Å². The summed E-state index contributed by atoms with van der Waals surface area (Å²) < 4.78 is 10.7. The molecule has 0 saturated heterocycles. The fraction of sp³-hybridized carbons (Fsp3) is 0.0500. The van der Waals surface area contributed by atoms with Crippen molar-refractivity contribution in [3.05, 3.63) is 67.0 Å². The molecular weight excluding hydrogens is 390 g/mol. The van der Waals surface area contributed by atoms with Crippen LogP contribution in [0.15, 0.2) is 61.4 Å². The molecule has 0 aliphatic heterocycles. The van der Waals surface area contributed by atoms with Crippen LogP contribution in [-0.2, 0) is 4.79 Å². The summed E-state index contributed by atoms with van der Waals surface area (Å²) in [4.78, 5) is 35.2. The van der Waals surface area contributed by atoms with Crippen LogP contribution >= 0.6 is 0 Å². The fourth-order valence-corrected chi connectivity index (χ4v) is 2.30. The number of rotatable bonds is 8. The molecule has 152 valence electrons. The second-order valence-electron chi connectivity index (χ2n) is 5.76. The second kappa shape index (κ2) is 9.15. The highest BCUT2D eigenvalue weighted by molar-refractivity contribution is 5.99. The summed E-state index contributed by atoms with van der Waals surface area (Å²) in [5, 5.41) is 14.9. The van der Waals surface area contributed by atoms with Gasteiger partial charge in [-0.1, -0.05) is 12.6 Å². The Labute approximate surface area is 171 Å². The minimum absolute atomic E-state index is 0.109. The summed E-state index contributed by atoms with van der Waals surface area (Å²) in [6.45, 7) is 3.39. The van der Waals surface area contributed by atoms with Crippen LogP contribution in [0.3, 0.4) is 0 Å². The highest BCUT2D eigenvalue weighted by Crippen LogP contribution is 2.27. The monoisotopic (exact) mass is 407 g/mol. The van der Waals surface area contributed by atoms with E-state index >= 15 is 0 Å². The van der Waals surface area contributed by atoms with Gasteiger partial charge in [-0.25, -0.2) is 14.8 Å². The molecule has 10 heteroatoms. The molecule has 3 rings (SSSR count). The zero-order valence-electron chi connectivity index (χ0n) is 15.8. The number of aromatic nitrogens is 3. The van der Waals surface area contributed by atoms with Gasteiger partial charge in [0.25, 0.3) is 0 Å². The Morgan fingerprint density at radius 2 is 1.97 bits per heavy atom. The first-order chi connectivity index (χ1) is 14.5. The van der Waals surface area contributed by atoms with E-state index in [2.05, 4.69) is 32.2 Å². The van der Waals surface area contributed by atoms with E-state index in [1.807, 2.05) is 0 Å². The van der Waals surface area contributed by atoms with Gasteiger partial charge in [0.05, 0.1) is 25.2 Å². The summed E-state index contributed by atoms with van der Waals surface area (Å²) >= 11 is 0. The number of carbonyl (C=O) groups excluding carboxylic acids is 1. The zero-order valence-corrected chi connectivity index (χ0v) is 15.8. The third-order valence-corrected chi connectivity index (χ3v) is 3.69. The quantitative estimate of drug-likeness (QED) is 0.481. The first-order valence-electron chi connectivity index (χ1n) is 8.57. The Balaban J connectivity index is 1.86. The predicted octanol–water partition coefficient (Wildman–Crippen LogP) is 3.24. The van der Waals surface area contributed by atoms with Crippen LogP contribution in [-0.4, -0.2) is 39.0 Å². The van der Waals surface area contributed by atoms with Gasteiger partial charge in [-0.05, 0) is 24.3 Å². The Bertz CT molecular complexity index is 1090. The van der Waals surface area contributed by atoms with Crippen molar-refractivity contribution in [2.75, 3.05) is 17.7 Å². The smallest absolute Gasteiger partial charge is 0.342 e. The van der Waals surface area contributed by atoms with E-state index in [1.165, 1.54) is 19.4 Å². The summed E-state index contributed by atoms with van der Waals surface area (Å²) in [7, 11) is 1.50. The lowest BCUT2D eigenvalue weighted by Crippen LogP contribution is -2.08. The molecule has 0 bridgehead atoms. The van der Waals surface area contributed by atoms with Gasteiger partial charge < -0.3 is 25.2 Å². The molecule has 0 spiro atoms. The van der Waals surface area contributed by atoms with Crippen LogP contribution in [0.2, 0.25) is 0 Å². The van der Waals surface area contributed by atoms with Gasteiger partial charge in [-0.15, -0.1) is 0 Å². The predicted molar refractivity (Wildman–Crippen MR) is 108 cm³/mol. The summed E-state index contributed by atoms with van der Waals surface area (Å²) in [6.07, 6.45) is 3.78. The number of hydrogen-bond acceptors (Lipinski definition) is 8. The number of ether oxygens (including phenoxy) is 2. The van der Waals surface area contributed by atoms with Crippen LogP contribution in [0.25, 0.3) is 0 Å². The number of carboxylic acids is 1. The summed E-state index contributed by atoms with van der Waals surface area (Å²) in [5.41, 5.74) is 0.791. The van der Waals surface area contributed by atoms with E-state index in [-0.39, 0.29) is 29.0 Å². The summed E-state index contributed by atoms with van der Waals surface area (Å²) in [5.74, 6) is -0.990. The van der Waals surface area contributed by atoms with Crippen molar-refractivity contribution in [2.45, 2.75) is 0 Å². The number of hydrogen-bond donors (Lipinski definition) is 3. The van der Waals surface area contributed by atoms with E-state index in [0.717, 1.165) is 12.3 Å². The zero-order chi connectivity index (χ0) is 21.5. The molecular formula is C20H17N5O5. The lowest BCUT2D eigenvalue weighted by Gasteiger charge is -2.11. The van der Waals surface area contributed by atoms with Crippen LogP contribution in [0, 0.1) is 0 Å². The van der Waals surface area contributed by atoms with Crippen LogP contribution in [0.5, 0.6) is 17.5 Å². The van der Waals surface area contributed by atoms with E-state index in [4.69, 9.17) is 9.47 Å². The van der Waals surface area contributed by atoms with Gasteiger partial charge >= 0.3 is 5.97 Å². The molecule has 2 heterocycles. The van der Waals surface area contributed by atoms with Crippen LogP contribution in [0.1, 0.15) is 10.4 Å². The molecule has 10 nitrogen and oxygen atoms in total. The second-order valence-corrected chi connectivity index (χ2v) is 5.76. The standard InChI is InChI=1S/C20H17N5O5/c1-3-16(26)23-12-5-4-6-14(9-12)30-18-15(19(27)28)11-22-20(25-18)24-13-7-8-17(29-2)21-10-13/h3-11H,1H2,2H3,(H,23,26)(H,27,28)(H,22,24,25). The maximum absolute atomic E-state index is 11.5. The van der Waals surface area contributed by atoms with Gasteiger partial charge in [0.15, 0.2) is 0 Å². The van der Waals surface area contributed by atoms with E-state index in [0.29, 0.717) is 17.3 Å². The molecule has 2 aromatic heterocycles. The van der Waals surface area contributed by atoms with Gasteiger partial charge in [0.1, 0.15) is 11.3 Å². The molecule has 30 heavy (non-hydrogen) atoms. The van der Waals surface area contributed by atoms with Gasteiger partial charge in [0, 0.05) is 17.8 Å². The number of benzene rings is 1. The van der Waals surface area contributed by atoms with Crippen molar-refractivity contribution in [3.8, 4) is 17.5 Å². The Morgan fingerprint density at radius 3 is 2.63 bits per heavy atom. The Kier molecular flexibility index (Phi) is 6.18. The number of amides is 1. The number of nitrogens with one attached hydrogen (secondary N) is 2. The molecule has 3 N–H and O–H groups in total. The van der Waals surface area contributed by atoms with Crippen LogP contribution in [0.4, 0.5) is 17.3 Å². The van der Waals surface area contributed by atoms with E-state index < -0.39 is 5.97 Å². The van der Waals surface area contributed by atoms with Crippen molar-refractivity contribution in [2.24, 2.45) is 0 Å². The molecule has 3 aromatic rings. The molecule has 0 aliphatic carbocycles. The third kappa shape index (κ3) is 5.07. The highest BCUT2D eigenvalue weighted by atomic mass is 16.5. The SMILES string of the molecule is C=CC(=O)Nc1cccc(Oc2nc(Nc3ccc(OC)nc3)ncc2C(=O)O)c1. The largest absolute Gasteiger partial charge is 0.481 e. The minimum Gasteiger partial charge on any atom is -0.481 e. The number of aromatic carboxylic acids is 1. The highest BCUT2D eigenvalue weighted by Gasteiger charge is 2.16. The maximum atomic E-state index is 11.5. The van der Waals surface area contributed by atoms with Crippen molar-refractivity contribution in [1.29, 1.82) is 0 Å². The van der Waals surface area contributed by atoms with Gasteiger partial charge in [-0.2, -0.15) is 4.98 Å². The third-order valence-electron chi connectivity index (χ3n) is 3.69. The van der Waals surface area contributed by atoms with Crippen molar-refractivity contribution < 1.29 is 24.2 Å². The average molecular weight is 407 g/mol. The first kappa shape index (κ1) is 20.3. The lowest BCUT2D eigenvalue weighted by molar-refractivity contribution is -0.111. The molecule has 1 aromatic carbocycles. The van der Waals surface area contributed by atoms with Crippen molar-refractivity contribution >= 4 is 29.2 Å². The summed E-state index contributed by atoms with van der Waals surface area (Å²) in [6, 6.07) is 9.75. The molecule has 1 amide bonds. The number of carbonyl (C=O) groups is 2.